The molecule has 0 aliphatic rings. The van der Waals surface area contributed by atoms with Crippen LogP contribution in [0.4, 0.5) is 22.0 Å². The average Bonchev–Trinajstić information content (AvgIpc) is 3.54. The minimum absolute atomic E-state index is 0.335. The van der Waals surface area contributed by atoms with Gasteiger partial charge in [0.25, 0.3) is 0 Å². The lowest BCUT2D eigenvalue weighted by molar-refractivity contribution is 0.368. The summed E-state index contributed by atoms with van der Waals surface area (Å²) in [6, 6.07) is 44.1. The molecule has 0 saturated carbocycles. The summed E-state index contributed by atoms with van der Waals surface area (Å²) in [7, 11) is -1.00. The number of hydrogen-bond acceptors (Lipinski definition) is 1. The van der Waals surface area contributed by atoms with Gasteiger partial charge in [-0.25, -0.2) is 26.9 Å². The number of halogens is 5. The standard InChI is InChI=1S/C41H28F5N2P/c1-49(29-21-12-5-13-22-29)32-24-14-23-30(26-15-6-2-7-16-26)33(32)41-47-39(27-17-8-3-9-18-27)40(28-19-10-4-11-20-28)48(41)25-31-34(42)36(44)38(46)37(45)35(31)43/h2-24H,25H2,1H3. The highest BCUT2D eigenvalue weighted by molar-refractivity contribution is 7.72. The lowest BCUT2D eigenvalue weighted by Crippen LogP contribution is -2.17. The Hall–Kier alpha value is -5.39. The Morgan fingerprint density at radius 2 is 1.02 bits per heavy atom. The van der Waals surface area contributed by atoms with Gasteiger partial charge in [0.05, 0.1) is 17.9 Å². The first kappa shape index (κ1) is 32.2. The van der Waals surface area contributed by atoms with E-state index in [2.05, 4.69) is 18.8 Å². The molecule has 0 aliphatic carbocycles. The van der Waals surface area contributed by atoms with Crippen molar-refractivity contribution in [3.8, 4) is 45.0 Å². The van der Waals surface area contributed by atoms with Crippen LogP contribution in [0.15, 0.2) is 140 Å². The molecule has 0 spiro atoms. The van der Waals surface area contributed by atoms with Gasteiger partial charge in [0.2, 0.25) is 5.82 Å². The Bertz CT molecular complexity index is 2230. The molecule has 0 N–H and O–H groups in total. The fourth-order valence-corrected chi connectivity index (χ4v) is 7.90. The largest absolute Gasteiger partial charge is 0.319 e. The van der Waals surface area contributed by atoms with Crippen LogP contribution < -0.4 is 10.6 Å². The second kappa shape index (κ2) is 13.6. The van der Waals surface area contributed by atoms with Gasteiger partial charge >= 0.3 is 0 Å². The van der Waals surface area contributed by atoms with Crippen LogP contribution in [0.3, 0.4) is 0 Å². The van der Waals surface area contributed by atoms with Gasteiger partial charge < -0.3 is 4.57 Å². The summed E-state index contributed by atoms with van der Waals surface area (Å²) in [6.45, 7) is 1.45. The lowest BCUT2D eigenvalue weighted by Gasteiger charge is -2.22. The molecule has 0 radical (unpaired) electrons. The summed E-state index contributed by atoms with van der Waals surface area (Å²) < 4.78 is 76.2. The first-order valence-corrected chi connectivity index (χ1v) is 17.3. The molecule has 2 nitrogen and oxygen atoms in total. The van der Waals surface area contributed by atoms with Crippen LogP contribution in [0.2, 0.25) is 0 Å². The van der Waals surface area contributed by atoms with Crippen LogP contribution in [-0.4, -0.2) is 16.2 Å². The Labute approximate surface area is 281 Å². The van der Waals surface area contributed by atoms with E-state index in [-0.39, 0.29) is 0 Å². The minimum atomic E-state index is -2.20. The van der Waals surface area contributed by atoms with Crippen molar-refractivity contribution in [3.63, 3.8) is 0 Å². The van der Waals surface area contributed by atoms with Gasteiger partial charge in [-0.1, -0.05) is 140 Å². The molecule has 242 valence electrons. The number of aromatic nitrogens is 2. The van der Waals surface area contributed by atoms with E-state index >= 15 is 8.78 Å². The topological polar surface area (TPSA) is 17.8 Å². The van der Waals surface area contributed by atoms with Gasteiger partial charge in [0, 0.05) is 22.3 Å². The number of rotatable bonds is 8. The van der Waals surface area contributed by atoms with Gasteiger partial charge in [0.15, 0.2) is 23.3 Å². The van der Waals surface area contributed by atoms with Crippen LogP contribution in [0.25, 0.3) is 45.0 Å². The zero-order valence-electron chi connectivity index (χ0n) is 26.2. The molecule has 6 aromatic carbocycles. The summed E-state index contributed by atoms with van der Waals surface area (Å²) in [4.78, 5) is 5.23. The molecule has 7 rings (SSSR count). The van der Waals surface area contributed by atoms with Gasteiger partial charge in [0.1, 0.15) is 5.82 Å². The molecule has 8 heteroatoms. The van der Waals surface area contributed by atoms with Gasteiger partial charge in [-0.3, -0.25) is 0 Å². The molecule has 49 heavy (non-hydrogen) atoms. The van der Waals surface area contributed by atoms with Gasteiger partial charge in [-0.15, -0.1) is 0 Å². The average molecular weight is 675 g/mol. The number of imidazole rings is 1. The second-order valence-electron chi connectivity index (χ2n) is 11.5. The molecule has 7 aromatic rings. The van der Waals surface area contributed by atoms with Crippen molar-refractivity contribution in [1.82, 2.24) is 9.55 Å². The summed E-state index contributed by atoms with van der Waals surface area (Å²) in [6.07, 6.45) is 0. The highest BCUT2D eigenvalue weighted by Gasteiger charge is 2.31. The molecule has 0 bridgehead atoms. The molecule has 1 aromatic heterocycles. The molecular formula is C41H28F5N2P. The third-order valence-electron chi connectivity index (χ3n) is 8.53. The Morgan fingerprint density at radius 1 is 0.531 bits per heavy atom. The lowest BCUT2D eigenvalue weighted by atomic mass is 9.99. The van der Waals surface area contributed by atoms with Crippen molar-refractivity contribution in [2.75, 3.05) is 6.66 Å². The van der Waals surface area contributed by atoms with Crippen molar-refractivity contribution in [3.05, 3.63) is 174 Å². The van der Waals surface area contributed by atoms with E-state index < -0.39 is 49.1 Å². The number of nitrogens with zero attached hydrogens (tertiary/aromatic N) is 2. The van der Waals surface area contributed by atoms with Crippen LogP contribution in [0.1, 0.15) is 5.56 Å². The number of benzene rings is 6. The molecule has 1 atom stereocenters. The minimum Gasteiger partial charge on any atom is -0.319 e. The van der Waals surface area contributed by atoms with Crippen LogP contribution in [0.5, 0.6) is 0 Å². The van der Waals surface area contributed by atoms with E-state index in [1.165, 1.54) is 0 Å². The zero-order chi connectivity index (χ0) is 34.1. The van der Waals surface area contributed by atoms with Crippen LogP contribution in [-0.2, 0) is 6.54 Å². The quantitative estimate of drug-likeness (QED) is 0.0679. The maximum absolute atomic E-state index is 15.5. The molecule has 0 aliphatic heterocycles. The first-order chi connectivity index (χ1) is 23.8. The van der Waals surface area contributed by atoms with Crippen molar-refractivity contribution in [1.29, 1.82) is 0 Å². The Morgan fingerprint density at radius 3 is 1.59 bits per heavy atom. The molecule has 1 unspecified atom stereocenters. The summed E-state index contributed by atoms with van der Waals surface area (Å²) >= 11 is 0. The fraction of sp³-hybridized carbons (Fsp3) is 0.0488. The van der Waals surface area contributed by atoms with Crippen molar-refractivity contribution < 1.29 is 22.0 Å². The molecule has 0 amide bonds. The van der Waals surface area contributed by atoms with Gasteiger partial charge in [-0.05, 0) is 36.3 Å². The maximum atomic E-state index is 15.5. The predicted molar refractivity (Wildman–Crippen MR) is 188 cm³/mol. The monoisotopic (exact) mass is 674 g/mol. The van der Waals surface area contributed by atoms with E-state index in [1.807, 2.05) is 127 Å². The number of hydrogen-bond donors (Lipinski definition) is 0. The van der Waals surface area contributed by atoms with Crippen molar-refractivity contribution in [2.45, 2.75) is 6.54 Å². The van der Waals surface area contributed by atoms with Crippen molar-refractivity contribution in [2.24, 2.45) is 0 Å². The third-order valence-corrected chi connectivity index (χ3v) is 10.7. The van der Waals surface area contributed by atoms with Crippen molar-refractivity contribution >= 4 is 18.5 Å². The normalized spacial score (nSPS) is 11.9. The first-order valence-electron chi connectivity index (χ1n) is 15.5. The second-order valence-corrected chi connectivity index (χ2v) is 13.6. The Balaban J connectivity index is 1.62. The Kier molecular flexibility index (Phi) is 8.94. The van der Waals surface area contributed by atoms with E-state index in [1.54, 1.807) is 4.57 Å². The SMILES string of the molecule is CP(c1ccccc1)c1cccc(-c2ccccc2)c1-c1nc(-c2ccccc2)c(-c2ccccc2)n1Cc1c(F)c(F)c(F)c(F)c1F. The highest BCUT2D eigenvalue weighted by Crippen LogP contribution is 2.43. The molecule has 0 fully saturated rings. The van der Waals surface area contributed by atoms with E-state index in [0.29, 0.717) is 28.3 Å². The molecular weight excluding hydrogens is 646 g/mol. The third kappa shape index (κ3) is 5.96. The summed E-state index contributed by atoms with van der Waals surface area (Å²) in [5.41, 5.74) is 3.79. The van der Waals surface area contributed by atoms with E-state index in [0.717, 1.165) is 27.3 Å². The molecule has 1 heterocycles. The van der Waals surface area contributed by atoms with E-state index in [9.17, 15) is 13.2 Å². The van der Waals surface area contributed by atoms with Gasteiger partial charge in [-0.2, -0.15) is 0 Å². The maximum Gasteiger partial charge on any atom is 0.200 e. The fourth-order valence-electron chi connectivity index (χ4n) is 6.13. The molecule has 0 saturated heterocycles. The predicted octanol–water partition coefficient (Wildman–Crippen LogP) is 10.4. The highest BCUT2D eigenvalue weighted by atomic mass is 31.1. The summed E-state index contributed by atoms with van der Waals surface area (Å²) in [5.74, 6) is -9.61. The zero-order valence-corrected chi connectivity index (χ0v) is 27.1. The smallest absolute Gasteiger partial charge is 0.200 e. The van der Waals surface area contributed by atoms with E-state index in [4.69, 9.17) is 4.98 Å². The summed E-state index contributed by atoms with van der Waals surface area (Å²) in [5, 5.41) is 2.03. The van der Waals surface area contributed by atoms with Crippen LogP contribution in [0, 0.1) is 29.1 Å². The van der Waals surface area contributed by atoms with Crippen LogP contribution >= 0.6 is 7.92 Å².